The zero-order chi connectivity index (χ0) is 37.2. The van der Waals surface area contributed by atoms with Crippen LogP contribution >= 0.6 is 0 Å². The van der Waals surface area contributed by atoms with Crippen LogP contribution in [0, 0.1) is 5.92 Å². The molecule has 2 atom stereocenters. The number of rotatable bonds is 14. The lowest BCUT2D eigenvalue weighted by molar-refractivity contribution is 0.522. The Morgan fingerprint density at radius 1 is 0.509 bits per heavy atom. The van der Waals surface area contributed by atoms with Crippen LogP contribution in [0.15, 0.2) is 148 Å². The normalized spacial score (nSPS) is 15.5. The van der Waals surface area contributed by atoms with Crippen molar-refractivity contribution < 1.29 is 9.59 Å². The fraction of sp³-hybridized carbons (Fsp3) is 0.265. The first-order chi connectivity index (χ1) is 26.0. The number of nitrogens with zero attached hydrogens (tertiary/aromatic N) is 2. The van der Waals surface area contributed by atoms with Crippen LogP contribution < -0.4 is 0 Å². The molecule has 0 bridgehead atoms. The maximum atomic E-state index is 12.2. The third kappa shape index (κ3) is 8.06. The van der Waals surface area contributed by atoms with Crippen molar-refractivity contribution in [3.8, 4) is 0 Å². The summed E-state index contributed by atoms with van der Waals surface area (Å²) in [6.07, 6.45) is 8.86. The molecule has 4 heteroatoms. The smallest absolute Gasteiger partial charge is 0.211 e. The summed E-state index contributed by atoms with van der Waals surface area (Å²) in [7, 11) is 0. The molecule has 0 aliphatic heterocycles. The van der Waals surface area contributed by atoms with E-state index < -0.39 is 0 Å². The van der Waals surface area contributed by atoms with Gasteiger partial charge in [0.2, 0.25) is 12.2 Å². The molecule has 0 spiro atoms. The molecule has 0 amide bonds. The van der Waals surface area contributed by atoms with Crippen molar-refractivity contribution in [2.24, 2.45) is 15.9 Å². The molecule has 6 rings (SSSR count). The molecule has 0 heterocycles. The van der Waals surface area contributed by atoms with Gasteiger partial charge in [-0.1, -0.05) is 155 Å². The van der Waals surface area contributed by atoms with Crippen LogP contribution in [0.2, 0.25) is 0 Å². The SMILES string of the molecule is CCC1=C(Cc2ccccc2)C(c2c(Cc3ccccc3)c(CC)c(N=C=O)c(CC)c2Cc2ccccc2)=C(Cc2ccccc2)C(C)C1N=C=O. The number of carbonyl (C=O) groups excluding carboxylic acids is 2. The Morgan fingerprint density at radius 3 is 1.34 bits per heavy atom. The van der Waals surface area contributed by atoms with Gasteiger partial charge < -0.3 is 0 Å². The van der Waals surface area contributed by atoms with Gasteiger partial charge in [0.25, 0.3) is 0 Å². The highest BCUT2D eigenvalue weighted by atomic mass is 16.1. The number of aliphatic imine (C=N–C) groups is 2. The Hall–Kier alpha value is -5.66. The highest BCUT2D eigenvalue weighted by Gasteiger charge is 2.37. The van der Waals surface area contributed by atoms with E-state index in [9.17, 15) is 9.59 Å². The summed E-state index contributed by atoms with van der Waals surface area (Å²) in [5.41, 5.74) is 16.3. The van der Waals surface area contributed by atoms with Crippen LogP contribution in [-0.2, 0) is 48.1 Å². The maximum absolute atomic E-state index is 12.2. The molecule has 0 fully saturated rings. The van der Waals surface area contributed by atoms with Crippen molar-refractivity contribution in [3.05, 3.63) is 188 Å². The molecule has 0 aromatic heterocycles. The third-order valence-electron chi connectivity index (χ3n) is 10.9. The molecule has 0 saturated heterocycles. The number of benzene rings is 5. The van der Waals surface area contributed by atoms with Crippen LogP contribution in [0.5, 0.6) is 0 Å². The van der Waals surface area contributed by atoms with E-state index in [1.54, 1.807) is 0 Å². The highest BCUT2D eigenvalue weighted by molar-refractivity contribution is 5.91. The lowest BCUT2D eigenvalue weighted by Crippen LogP contribution is -2.29. The zero-order valence-corrected chi connectivity index (χ0v) is 31.4. The van der Waals surface area contributed by atoms with Crippen molar-refractivity contribution in [2.45, 2.75) is 78.7 Å². The predicted octanol–water partition coefficient (Wildman–Crippen LogP) is 11.3. The van der Waals surface area contributed by atoms with Gasteiger partial charge in [-0.3, -0.25) is 0 Å². The van der Waals surface area contributed by atoms with Crippen LogP contribution in [0.3, 0.4) is 0 Å². The van der Waals surface area contributed by atoms with Gasteiger partial charge in [0.1, 0.15) is 0 Å². The summed E-state index contributed by atoms with van der Waals surface area (Å²) < 4.78 is 0. The second kappa shape index (κ2) is 17.7. The Balaban J connectivity index is 1.83. The van der Waals surface area contributed by atoms with E-state index >= 15 is 0 Å². The average Bonchev–Trinajstić information content (AvgIpc) is 3.19. The second-order valence-electron chi connectivity index (χ2n) is 13.9. The number of allylic oxidation sites excluding steroid dienone is 2. The molecule has 2 unspecified atom stereocenters. The first-order valence-electron chi connectivity index (χ1n) is 19.0. The molecule has 266 valence electrons. The Morgan fingerprint density at radius 2 is 0.943 bits per heavy atom. The molecular weight excluding hydrogens is 649 g/mol. The van der Waals surface area contributed by atoms with E-state index in [4.69, 9.17) is 0 Å². The van der Waals surface area contributed by atoms with Crippen LogP contribution in [-0.4, -0.2) is 18.2 Å². The minimum atomic E-state index is -0.316. The predicted molar refractivity (Wildman–Crippen MR) is 217 cm³/mol. The van der Waals surface area contributed by atoms with Gasteiger partial charge in [0, 0.05) is 5.92 Å². The van der Waals surface area contributed by atoms with Crippen LogP contribution in [0.1, 0.15) is 84.2 Å². The summed E-state index contributed by atoms with van der Waals surface area (Å²) >= 11 is 0. The van der Waals surface area contributed by atoms with Crippen LogP contribution in [0.4, 0.5) is 5.69 Å². The molecule has 1 aliphatic rings. The van der Waals surface area contributed by atoms with E-state index in [0.717, 1.165) is 23.2 Å². The Kier molecular flexibility index (Phi) is 12.4. The van der Waals surface area contributed by atoms with E-state index in [2.05, 4.69) is 159 Å². The molecule has 0 radical (unpaired) electrons. The summed E-state index contributed by atoms with van der Waals surface area (Å²) in [5, 5.41) is 0. The fourth-order valence-corrected chi connectivity index (χ4v) is 8.49. The number of hydrogen-bond acceptors (Lipinski definition) is 4. The van der Waals surface area contributed by atoms with Crippen molar-refractivity contribution in [3.63, 3.8) is 0 Å². The molecule has 4 nitrogen and oxygen atoms in total. The zero-order valence-electron chi connectivity index (χ0n) is 31.4. The number of isocyanates is 2. The molecule has 1 aliphatic carbocycles. The van der Waals surface area contributed by atoms with Crippen molar-refractivity contribution in [2.75, 3.05) is 0 Å². The molecule has 0 saturated carbocycles. The average molecular weight is 697 g/mol. The summed E-state index contributed by atoms with van der Waals surface area (Å²) in [5.74, 6) is -0.0573. The minimum absolute atomic E-state index is 0.0573. The first-order valence-corrected chi connectivity index (χ1v) is 19.0. The van der Waals surface area contributed by atoms with E-state index in [-0.39, 0.29) is 12.0 Å². The largest absolute Gasteiger partial charge is 0.240 e. The maximum Gasteiger partial charge on any atom is 0.240 e. The van der Waals surface area contributed by atoms with E-state index in [1.807, 2.05) is 12.2 Å². The minimum Gasteiger partial charge on any atom is -0.211 e. The second-order valence-corrected chi connectivity index (χ2v) is 13.9. The lowest BCUT2D eigenvalue weighted by atomic mass is 9.67. The molecular formula is C49H48N2O2. The van der Waals surface area contributed by atoms with Crippen molar-refractivity contribution in [1.29, 1.82) is 0 Å². The van der Waals surface area contributed by atoms with Crippen molar-refractivity contribution in [1.82, 2.24) is 0 Å². The van der Waals surface area contributed by atoms with Gasteiger partial charge in [-0.2, -0.15) is 9.98 Å². The topological polar surface area (TPSA) is 58.9 Å². The summed E-state index contributed by atoms with van der Waals surface area (Å²) in [4.78, 5) is 33.5. The van der Waals surface area contributed by atoms with Gasteiger partial charge >= 0.3 is 0 Å². The third-order valence-corrected chi connectivity index (χ3v) is 10.9. The lowest BCUT2D eigenvalue weighted by Gasteiger charge is -2.38. The van der Waals surface area contributed by atoms with E-state index in [1.165, 1.54) is 61.2 Å². The molecule has 5 aromatic rings. The van der Waals surface area contributed by atoms with Crippen LogP contribution in [0.25, 0.3) is 5.57 Å². The van der Waals surface area contributed by atoms with Gasteiger partial charge in [0.15, 0.2) is 0 Å². The monoisotopic (exact) mass is 696 g/mol. The molecule has 5 aromatic carbocycles. The quantitative estimate of drug-likeness (QED) is 0.0857. The Labute approximate surface area is 314 Å². The molecule has 0 N–H and O–H groups in total. The number of hydrogen-bond donors (Lipinski definition) is 0. The van der Waals surface area contributed by atoms with Gasteiger partial charge in [0.05, 0.1) is 11.7 Å². The van der Waals surface area contributed by atoms with Gasteiger partial charge in [-0.05, 0) is 112 Å². The Bertz CT molecular complexity index is 2120. The first kappa shape index (κ1) is 37.1. The standard InChI is InChI=1S/C49H48N2O2/c1-5-39-43(29-36-22-14-9-15-23-36)46(42(34(4)48(39)50-32-52)28-35-20-12-8-13-21-35)47-44(30-37-24-16-10-17-25-37)40(6-2)49(51-33-53)41(7-3)45(47)31-38-26-18-11-19-27-38/h8-27,34,48H,5-7,28-31H2,1-4H3. The summed E-state index contributed by atoms with van der Waals surface area (Å²) in [6.45, 7) is 8.76. The van der Waals surface area contributed by atoms with E-state index in [0.29, 0.717) is 38.5 Å². The van der Waals surface area contributed by atoms with Gasteiger partial charge in [-0.15, -0.1) is 0 Å². The van der Waals surface area contributed by atoms with Gasteiger partial charge in [-0.25, -0.2) is 9.59 Å². The fourth-order valence-electron chi connectivity index (χ4n) is 8.49. The summed E-state index contributed by atoms with van der Waals surface area (Å²) in [6, 6.07) is 42.2. The van der Waals surface area contributed by atoms with Crippen molar-refractivity contribution >= 4 is 23.4 Å². The highest BCUT2D eigenvalue weighted by Crippen LogP contribution is 2.50. The molecule has 53 heavy (non-hydrogen) atoms.